The maximum atomic E-state index is 6.05. The van der Waals surface area contributed by atoms with Crippen LogP contribution in [0.1, 0.15) is 11.3 Å². The highest BCUT2D eigenvalue weighted by Crippen LogP contribution is 2.18. The van der Waals surface area contributed by atoms with Gasteiger partial charge in [0, 0.05) is 12.7 Å². The highest BCUT2D eigenvalue weighted by molar-refractivity contribution is 6.28. The molecule has 0 aliphatic heterocycles. The van der Waals surface area contributed by atoms with Gasteiger partial charge in [0.25, 0.3) is 0 Å². The largest absolute Gasteiger partial charge is 0.303 e. The van der Waals surface area contributed by atoms with Gasteiger partial charge >= 0.3 is 0 Å². The number of aromatic nitrogens is 2. The van der Waals surface area contributed by atoms with Crippen molar-refractivity contribution in [3.05, 3.63) is 34.9 Å². The van der Waals surface area contributed by atoms with Gasteiger partial charge in [0.15, 0.2) is 0 Å². The molecule has 2 aromatic rings. The average Bonchev–Trinajstić information content (AvgIpc) is 2.42. The quantitative estimate of drug-likeness (QED) is 0.779. The summed E-state index contributed by atoms with van der Waals surface area (Å²) >= 11 is 6.05. The third-order valence-electron chi connectivity index (χ3n) is 2.30. The smallest absolute Gasteiger partial charge is 0.207 e. The van der Waals surface area contributed by atoms with E-state index in [0.29, 0.717) is 5.28 Å². The molecule has 2 aromatic heterocycles. The molecule has 0 fully saturated rings. The number of fused-ring (bicyclic) bond motifs is 1. The molecular weight excluding hydrogens is 210 g/mol. The number of pyridine rings is 1. The van der Waals surface area contributed by atoms with E-state index in [1.807, 2.05) is 30.8 Å². The van der Waals surface area contributed by atoms with Gasteiger partial charge in [-0.25, -0.2) is 4.98 Å². The fraction of sp³-hybridized carbons (Fsp3) is 0.364. The number of rotatable bonds is 2. The molecule has 3 nitrogen and oxygen atoms in total. The third kappa shape index (κ3) is 1.98. The standard InChI is InChI=1S/C11H14ClN3/c1-8-4-5-15-10(6-8)9(7-14(2)3)13-11(15)12/h4-6H,7H2,1-3H3. The first kappa shape index (κ1) is 10.5. The van der Waals surface area contributed by atoms with Crippen LogP contribution in [0.25, 0.3) is 5.52 Å². The minimum absolute atomic E-state index is 0.529. The molecule has 0 amide bonds. The first-order chi connectivity index (χ1) is 7.08. The predicted octanol–water partition coefficient (Wildman–Crippen LogP) is 2.36. The predicted molar refractivity (Wildman–Crippen MR) is 62.3 cm³/mol. The normalized spacial score (nSPS) is 11.5. The first-order valence-corrected chi connectivity index (χ1v) is 5.23. The molecule has 80 valence electrons. The Morgan fingerprint density at radius 3 is 2.87 bits per heavy atom. The minimum atomic E-state index is 0.529. The second-order valence-electron chi connectivity index (χ2n) is 4.02. The maximum Gasteiger partial charge on any atom is 0.207 e. The Balaban J connectivity index is 2.59. The fourth-order valence-corrected chi connectivity index (χ4v) is 1.88. The Kier molecular flexibility index (Phi) is 2.67. The molecule has 0 saturated heterocycles. The van der Waals surface area contributed by atoms with Gasteiger partial charge in [-0.15, -0.1) is 0 Å². The van der Waals surface area contributed by atoms with Gasteiger partial charge in [-0.3, -0.25) is 4.40 Å². The maximum absolute atomic E-state index is 6.05. The summed E-state index contributed by atoms with van der Waals surface area (Å²) in [5.41, 5.74) is 3.33. The molecule has 0 radical (unpaired) electrons. The molecule has 0 saturated carbocycles. The van der Waals surface area contributed by atoms with Gasteiger partial charge in [-0.05, 0) is 50.3 Å². The first-order valence-electron chi connectivity index (χ1n) is 4.86. The Labute approximate surface area is 94.3 Å². The molecule has 15 heavy (non-hydrogen) atoms. The number of imidazole rings is 1. The van der Waals surface area contributed by atoms with Crippen LogP contribution >= 0.6 is 11.6 Å². The lowest BCUT2D eigenvalue weighted by molar-refractivity contribution is 0.399. The molecule has 0 N–H and O–H groups in total. The van der Waals surface area contributed by atoms with E-state index in [1.54, 1.807) is 0 Å². The molecule has 0 spiro atoms. The zero-order chi connectivity index (χ0) is 11.0. The number of nitrogens with zero attached hydrogens (tertiary/aromatic N) is 3. The van der Waals surface area contributed by atoms with Crippen LogP contribution in [0.5, 0.6) is 0 Å². The van der Waals surface area contributed by atoms with Crippen LogP contribution in [0.3, 0.4) is 0 Å². The molecule has 2 rings (SSSR count). The number of hydrogen-bond donors (Lipinski definition) is 0. The van der Waals surface area contributed by atoms with E-state index < -0.39 is 0 Å². The summed E-state index contributed by atoms with van der Waals surface area (Å²) in [4.78, 5) is 6.44. The van der Waals surface area contributed by atoms with Gasteiger partial charge in [-0.1, -0.05) is 0 Å². The van der Waals surface area contributed by atoms with E-state index in [-0.39, 0.29) is 0 Å². The minimum Gasteiger partial charge on any atom is -0.303 e. The fourth-order valence-electron chi connectivity index (χ4n) is 1.63. The number of aryl methyl sites for hydroxylation is 1. The Morgan fingerprint density at radius 2 is 2.20 bits per heavy atom. The summed E-state index contributed by atoms with van der Waals surface area (Å²) in [6, 6.07) is 4.14. The van der Waals surface area contributed by atoms with Crippen molar-refractivity contribution in [3.63, 3.8) is 0 Å². The molecule has 4 heteroatoms. The lowest BCUT2D eigenvalue weighted by atomic mass is 10.2. The zero-order valence-electron chi connectivity index (χ0n) is 9.16. The SMILES string of the molecule is Cc1ccn2c(Cl)nc(CN(C)C)c2c1. The number of hydrogen-bond acceptors (Lipinski definition) is 2. The second kappa shape index (κ2) is 3.83. The summed E-state index contributed by atoms with van der Waals surface area (Å²) in [6.07, 6.45) is 1.96. The van der Waals surface area contributed by atoms with Crippen molar-refractivity contribution in [1.82, 2.24) is 14.3 Å². The van der Waals surface area contributed by atoms with Crippen molar-refractivity contribution in [1.29, 1.82) is 0 Å². The third-order valence-corrected chi connectivity index (χ3v) is 2.56. The summed E-state index contributed by atoms with van der Waals surface area (Å²) in [5, 5.41) is 0.529. The van der Waals surface area contributed by atoms with Crippen molar-refractivity contribution in [2.75, 3.05) is 14.1 Å². The van der Waals surface area contributed by atoms with Crippen molar-refractivity contribution in [2.45, 2.75) is 13.5 Å². The summed E-state index contributed by atoms with van der Waals surface area (Å²) in [5.74, 6) is 0. The van der Waals surface area contributed by atoms with Crippen molar-refractivity contribution in [2.24, 2.45) is 0 Å². The van der Waals surface area contributed by atoms with Gasteiger partial charge < -0.3 is 4.90 Å². The topological polar surface area (TPSA) is 20.5 Å². The lowest BCUT2D eigenvalue weighted by Gasteiger charge is -2.07. The molecule has 0 atom stereocenters. The Hall–Kier alpha value is -1.06. The van der Waals surface area contributed by atoms with E-state index in [9.17, 15) is 0 Å². The highest BCUT2D eigenvalue weighted by atomic mass is 35.5. The van der Waals surface area contributed by atoms with Crippen LogP contribution in [0, 0.1) is 6.92 Å². The average molecular weight is 224 g/mol. The molecule has 2 heterocycles. The monoisotopic (exact) mass is 223 g/mol. The van der Waals surface area contributed by atoms with Crippen LogP contribution in [-0.4, -0.2) is 28.4 Å². The van der Waals surface area contributed by atoms with Crippen LogP contribution in [0.4, 0.5) is 0 Å². The van der Waals surface area contributed by atoms with E-state index in [0.717, 1.165) is 17.8 Å². The zero-order valence-corrected chi connectivity index (χ0v) is 9.91. The van der Waals surface area contributed by atoms with E-state index >= 15 is 0 Å². The van der Waals surface area contributed by atoms with Gasteiger partial charge in [0.05, 0.1) is 11.2 Å². The second-order valence-corrected chi connectivity index (χ2v) is 4.36. The van der Waals surface area contributed by atoms with Crippen molar-refractivity contribution >= 4 is 17.1 Å². The summed E-state index contributed by atoms with van der Waals surface area (Å²) < 4.78 is 1.91. The highest BCUT2D eigenvalue weighted by Gasteiger charge is 2.09. The summed E-state index contributed by atoms with van der Waals surface area (Å²) in [6.45, 7) is 2.88. The number of halogens is 1. The van der Waals surface area contributed by atoms with E-state index in [2.05, 4.69) is 22.9 Å². The lowest BCUT2D eigenvalue weighted by Crippen LogP contribution is -2.11. The van der Waals surface area contributed by atoms with Crippen LogP contribution in [0.2, 0.25) is 5.28 Å². The van der Waals surface area contributed by atoms with Gasteiger partial charge in [0.2, 0.25) is 5.28 Å². The molecule has 0 unspecified atom stereocenters. The molecule has 0 bridgehead atoms. The van der Waals surface area contributed by atoms with Crippen molar-refractivity contribution < 1.29 is 0 Å². The van der Waals surface area contributed by atoms with E-state index in [4.69, 9.17) is 11.6 Å². The van der Waals surface area contributed by atoms with Gasteiger partial charge in [0.1, 0.15) is 0 Å². The summed E-state index contributed by atoms with van der Waals surface area (Å²) in [7, 11) is 4.05. The molecule has 0 aliphatic rings. The van der Waals surface area contributed by atoms with Crippen LogP contribution < -0.4 is 0 Å². The van der Waals surface area contributed by atoms with Crippen molar-refractivity contribution in [3.8, 4) is 0 Å². The van der Waals surface area contributed by atoms with E-state index in [1.165, 1.54) is 5.56 Å². The van der Waals surface area contributed by atoms with Crippen LogP contribution in [0.15, 0.2) is 18.3 Å². The molecular formula is C11H14ClN3. The molecule has 0 aromatic carbocycles. The Morgan fingerprint density at radius 1 is 1.47 bits per heavy atom. The Bertz CT molecular complexity index is 488. The molecule has 0 aliphatic carbocycles. The van der Waals surface area contributed by atoms with Gasteiger partial charge in [-0.2, -0.15) is 0 Å². The van der Waals surface area contributed by atoms with Crippen LogP contribution in [-0.2, 0) is 6.54 Å².